The molecule has 0 aromatic carbocycles. The van der Waals surface area contributed by atoms with E-state index >= 15 is 0 Å². The Hall–Kier alpha value is -1.78. The van der Waals surface area contributed by atoms with Crippen molar-refractivity contribution in [3.63, 3.8) is 0 Å². The van der Waals surface area contributed by atoms with Crippen LogP contribution in [0.5, 0.6) is 5.88 Å². The van der Waals surface area contributed by atoms with E-state index < -0.39 is 11.9 Å². The lowest BCUT2D eigenvalue weighted by molar-refractivity contribution is 0.0678. The van der Waals surface area contributed by atoms with Crippen molar-refractivity contribution in [2.45, 2.75) is 26.7 Å². The molecule has 0 bridgehead atoms. The Morgan fingerprint density at radius 2 is 1.55 bits per heavy atom. The smallest absolute Gasteiger partial charge is 0.355 e. The summed E-state index contributed by atoms with van der Waals surface area (Å²) in [6, 6.07) is 3.40. The topological polar surface area (TPSA) is 110 Å². The van der Waals surface area contributed by atoms with Crippen molar-refractivity contribution in [2.75, 3.05) is 6.61 Å². The number of pyridine rings is 2. The SMILES string of the molecule is C=CCCCOc1nc(C(=O)O)c(Br)cc1C.Cc1cc(Br)c(C(=O)O)nc1Br. The van der Waals surface area contributed by atoms with Gasteiger partial charge in [-0.25, -0.2) is 19.6 Å². The van der Waals surface area contributed by atoms with Crippen molar-refractivity contribution in [1.82, 2.24) is 9.97 Å². The Bertz CT molecular complexity index is 919. The predicted octanol–water partition coefficient (Wildman–Crippen LogP) is 5.81. The molecule has 2 rings (SSSR count). The van der Waals surface area contributed by atoms with E-state index in [2.05, 4.69) is 64.3 Å². The fraction of sp³-hybridized carbons (Fsp3) is 0.263. The quantitative estimate of drug-likeness (QED) is 0.236. The Morgan fingerprint density at radius 3 is 2.07 bits per heavy atom. The Morgan fingerprint density at radius 1 is 1.03 bits per heavy atom. The van der Waals surface area contributed by atoms with Crippen LogP contribution in [0.25, 0.3) is 0 Å². The number of rotatable bonds is 7. The van der Waals surface area contributed by atoms with Crippen LogP contribution < -0.4 is 4.74 Å². The number of hydrogen-bond donors (Lipinski definition) is 2. The van der Waals surface area contributed by atoms with E-state index in [-0.39, 0.29) is 11.4 Å². The first-order valence-electron chi connectivity index (χ1n) is 8.28. The van der Waals surface area contributed by atoms with E-state index in [4.69, 9.17) is 14.9 Å². The fourth-order valence-electron chi connectivity index (χ4n) is 1.96. The van der Waals surface area contributed by atoms with Crippen LogP contribution in [0.15, 0.2) is 38.3 Å². The average Bonchev–Trinajstić information content (AvgIpc) is 2.63. The first-order chi connectivity index (χ1) is 13.6. The highest BCUT2D eigenvalue weighted by atomic mass is 79.9. The summed E-state index contributed by atoms with van der Waals surface area (Å²) in [6.45, 7) is 7.78. The molecule has 2 aromatic rings. The van der Waals surface area contributed by atoms with Crippen molar-refractivity contribution in [2.24, 2.45) is 0 Å². The summed E-state index contributed by atoms with van der Waals surface area (Å²) in [7, 11) is 0. The monoisotopic (exact) mass is 592 g/mol. The van der Waals surface area contributed by atoms with Gasteiger partial charge in [0.05, 0.1) is 15.6 Å². The molecule has 0 atom stereocenters. The van der Waals surface area contributed by atoms with Crippen LogP contribution in [0.1, 0.15) is 44.9 Å². The number of nitrogens with zero attached hydrogens (tertiary/aromatic N) is 2. The molecular weight excluding hydrogens is 576 g/mol. The molecule has 29 heavy (non-hydrogen) atoms. The number of aromatic carboxylic acids is 2. The van der Waals surface area contributed by atoms with Gasteiger partial charge in [-0.2, -0.15) is 0 Å². The molecule has 0 aliphatic heterocycles. The summed E-state index contributed by atoms with van der Waals surface area (Å²) < 4.78 is 6.96. The normalized spacial score (nSPS) is 9.97. The molecule has 0 fully saturated rings. The molecule has 156 valence electrons. The van der Waals surface area contributed by atoms with Crippen molar-refractivity contribution in [3.05, 3.63) is 60.9 Å². The van der Waals surface area contributed by atoms with Gasteiger partial charge in [0.2, 0.25) is 5.88 Å². The molecule has 2 heterocycles. The highest BCUT2D eigenvalue weighted by Crippen LogP contribution is 2.24. The first kappa shape index (κ1) is 25.3. The van der Waals surface area contributed by atoms with Gasteiger partial charge < -0.3 is 14.9 Å². The van der Waals surface area contributed by atoms with E-state index in [9.17, 15) is 9.59 Å². The molecule has 0 aliphatic rings. The third-order valence-electron chi connectivity index (χ3n) is 3.42. The van der Waals surface area contributed by atoms with Crippen LogP contribution in [0.4, 0.5) is 0 Å². The highest BCUT2D eigenvalue weighted by molar-refractivity contribution is 9.11. The molecular formula is C19H19Br3N2O5. The largest absolute Gasteiger partial charge is 0.477 e. The van der Waals surface area contributed by atoms with Gasteiger partial charge in [0.15, 0.2) is 11.4 Å². The third kappa shape index (κ3) is 7.87. The number of aryl methyl sites for hydroxylation is 2. The van der Waals surface area contributed by atoms with Gasteiger partial charge in [0, 0.05) is 5.56 Å². The zero-order chi connectivity index (χ0) is 22.1. The molecule has 0 spiro atoms. The van der Waals surface area contributed by atoms with Crippen LogP contribution in [0.3, 0.4) is 0 Å². The third-order valence-corrected chi connectivity index (χ3v) is 5.43. The standard InChI is InChI=1S/C12H14BrNO3.C7H5Br2NO2/c1-3-4-5-6-17-11-8(2)7-9(13)10(14-11)12(15)16;1-3-2-4(8)5(7(11)12)10-6(3)9/h3,7H,1,4-6H2,2H3,(H,15,16);2H,1H3,(H,11,12). The van der Waals surface area contributed by atoms with Crippen LogP contribution in [-0.2, 0) is 0 Å². The molecule has 2 aromatic heterocycles. The van der Waals surface area contributed by atoms with Gasteiger partial charge in [-0.05, 0) is 92.2 Å². The van der Waals surface area contributed by atoms with Gasteiger partial charge in [0.25, 0.3) is 0 Å². The van der Waals surface area contributed by atoms with Crippen LogP contribution in [0.2, 0.25) is 0 Å². The number of carboxylic acids is 2. The van der Waals surface area contributed by atoms with E-state index in [1.54, 1.807) is 12.1 Å². The van der Waals surface area contributed by atoms with Gasteiger partial charge in [-0.15, -0.1) is 6.58 Å². The summed E-state index contributed by atoms with van der Waals surface area (Å²) in [5.41, 5.74) is 1.69. The summed E-state index contributed by atoms with van der Waals surface area (Å²) in [5.74, 6) is -1.75. The molecule has 0 saturated carbocycles. The lowest BCUT2D eigenvalue weighted by atomic mass is 10.2. The van der Waals surface area contributed by atoms with Crippen molar-refractivity contribution >= 4 is 59.7 Å². The maximum Gasteiger partial charge on any atom is 0.355 e. The predicted molar refractivity (Wildman–Crippen MR) is 120 cm³/mol. The maximum atomic E-state index is 10.9. The Kier molecular flexibility index (Phi) is 10.5. The lowest BCUT2D eigenvalue weighted by Gasteiger charge is -2.09. The number of unbranched alkanes of at least 4 members (excludes halogenated alkanes) is 1. The average molecular weight is 595 g/mol. The van der Waals surface area contributed by atoms with Crippen LogP contribution in [0, 0.1) is 13.8 Å². The molecule has 7 nitrogen and oxygen atoms in total. The number of carboxylic acid groups (broad SMARTS) is 2. The van der Waals surface area contributed by atoms with Gasteiger partial charge in [0.1, 0.15) is 4.60 Å². The van der Waals surface area contributed by atoms with Crippen LogP contribution >= 0.6 is 47.8 Å². The second-order valence-corrected chi connectivity index (χ2v) is 8.22. The van der Waals surface area contributed by atoms with Crippen molar-refractivity contribution in [3.8, 4) is 5.88 Å². The molecule has 0 saturated heterocycles. The van der Waals surface area contributed by atoms with Gasteiger partial charge in [-0.3, -0.25) is 0 Å². The zero-order valence-corrected chi connectivity index (χ0v) is 20.5. The minimum atomic E-state index is -1.08. The molecule has 10 heteroatoms. The van der Waals surface area contributed by atoms with E-state index in [0.29, 0.717) is 26.0 Å². The molecule has 0 radical (unpaired) electrons. The number of ether oxygens (including phenoxy) is 1. The summed E-state index contributed by atoms with van der Waals surface area (Å²) >= 11 is 9.43. The summed E-state index contributed by atoms with van der Waals surface area (Å²) in [6.07, 6.45) is 3.51. The number of allylic oxidation sites excluding steroid dienone is 1. The lowest BCUT2D eigenvalue weighted by Crippen LogP contribution is -2.07. The van der Waals surface area contributed by atoms with Crippen LogP contribution in [-0.4, -0.2) is 38.7 Å². The number of aromatic nitrogens is 2. The van der Waals surface area contributed by atoms with Crippen molar-refractivity contribution in [1.29, 1.82) is 0 Å². The van der Waals surface area contributed by atoms with Gasteiger partial charge >= 0.3 is 11.9 Å². The highest BCUT2D eigenvalue weighted by Gasteiger charge is 2.14. The number of carbonyl (C=O) groups is 2. The zero-order valence-electron chi connectivity index (χ0n) is 15.7. The fourth-order valence-corrected chi connectivity index (χ4v) is 3.46. The van der Waals surface area contributed by atoms with E-state index in [0.717, 1.165) is 24.0 Å². The maximum absolute atomic E-state index is 10.9. The second kappa shape index (κ2) is 12.0. The van der Waals surface area contributed by atoms with E-state index in [1.807, 2.05) is 19.9 Å². The number of halogens is 3. The van der Waals surface area contributed by atoms with Gasteiger partial charge in [-0.1, -0.05) is 6.08 Å². The summed E-state index contributed by atoms with van der Waals surface area (Å²) in [5, 5.41) is 17.6. The minimum absolute atomic E-state index is 0.0208. The molecule has 0 aliphatic carbocycles. The Labute approximate surface area is 193 Å². The minimum Gasteiger partial charge on any atom is -0.477 e. The first-order valence-corrected chi connectivity index (χ1v) is 10.7. The second-order valence-electron chi connectivity index (χ2n) is 5.76. The Balaban J connectivity index is 0.000000308. The number of hydrogen-bond acceptors (Lipinski definition) is 5. The summed E-state index contributed by atoms with van der Waals surface area (Å²) in [4.78, 5) is 29.3. The van der Waals surface area contributed by atoms with Crippen molar-refractivity contribution < 1.29 is 24.5 Å². The molecule has 2 N–H and O–H groups in total. The van der Waals surface area contributed by atoms with E-state index in [1.165, 1.54) is 0 Å². The molecule has 0 amide bonds. The molecule has 0 unspecified atom stereocenters.